The Balaban J connectivity index is 0.00000364. The van der Waals surface area contributed by atoms with Crippen LogP contribution in [0.2, 0.25) is 0 Å². The first-order chi connectivity index (χ1) is 12.6. The summed E-state index contributed by atoms with van der Waals surface area (Å²) in [7, 11) is 0. The van der Waals surface area contributed by atoms with Gasteiger partial charge >= 0.3 is 11.9 Å². The molecule has 1 aromatic carbocycles. The molecule has 2 aromatic rings. The number of carbonyl (C=O) groups excluding carboxylic acids is 2. The molecule has 0 saturated heterocycles. The van der Waals surface area contributed by atoms with Crippen molar-refractivity contribution in [2.24, 2.45) is 5.92 Å². The topological polar surface area (TPSA) is 56.5 Å². The fourth-order valence-electron chi connectivity index (χ4n) is 2.89. The first kappa shape index (κ1) is 22.8. The van der Waals surface area contributed by atoms with E-state index in [1.165, 1.54) is 0 Å². The van der Waals surface area contributed by atoms with Crippen LogP contribution in [0, 0.1) is 12.8 Å². The van der Waals surface area contributed by atoms with Gasteiger partial charge in [-0.05, 0) is 26.3 Å². The Bertz CT molecular complexity index is 701. The molecule has 0 N–H and O–H groups in total. The van der Waals surface area contributed by atoms with Gasteiger partial charge in [-0.1, -0.05) is 35.9 Å². The molecular weight excluding hydrogens is 410 g/mol. The van der Waals surface area contributed by atoms with Crippen LogP contribution < -0.4 is 21.5 Å². The lowest BCUT2D eigenvalue weighted by Crippen LogP contribution is -3.00. The normalized spacial score (nSPS) is 11.4. The van der Waals surface area contributed by atoms with Gasteiger partial charge < -0.3 is 26.5 Å². The average molecular weight is 436 g/mol. The Hall–Kier alpha value is -2.21. The number of rotatable bonds is 8. The number of hydrogen-bond acceptors (Lipinski definition) is 4. The SMILES string of the molecule is CCOC(=O)C(C(=O)OCC)C(C[n+]1ccccc1)c1ccc(C)cc1.[Br-]. The number of pyridine rings is 1. The summed E-state index contributed by atoms with van der Waals surface area (Å²) in [5, 5.41) is 0. The molecule has 0 aliphatic carbocycles. The number of nitrogens with zero attached hydrogens (tertiary/aromatic N) is 1. The minimum absolute atomic E-state index is 0. The second kappa shape index (κ2) is 11.5. The van der Waals surface area contributed by atoms with Gasteiger partial charge in [-0.15, -0.1) is 0 Å². The first-order valence-corrected chi connectivity index (χ1v) is 8.90. The number of halogens is 1. The molecule has 5 nitrogen and oxygen atoms in total. The minimum Gasteiger partial charge on any atom is -1.00 e. The second-order valence-electron chi connectivity index (χ2n) is 6.07. The molecule has 27 heavy (non-hydrogen) atoms. The van der Waals surface area contributed by atoms with Crippen LogP contribution in [0.1, 0.15) is 30.9 Å². The Labute approximate surface area is 171 Å². The molecule has 0 spiro atoms. The number of benzene rings is 1. The molecule has 1 unspecified atom stereocenters. The molecular formula is C21H26BrNO4. The zero-order chi connectivity index (χ0) is 18.9. The number of hydrogen-bond donors (Lipinski definition) is 0. The highest BCUT2D eigenvalue weighted by Crippen LogP contribution is 2.28. The van der Waals surface area contributed by atoms with Gasteiger partial charge in [-0.2, -0.15) is 0 Å². The lowest BCUT2D eigenvalue weighted by Gasteiger charge is -2.22. The summed E-state index contributed by atoms with van der Waals surface area (Å²) in [6.45, 7) is 6.35. The zero-order valence-electron chi connectivity index (χ0n) is 15.9. The maximum Gasteiger partial charge on any atom is 0.321 e. The van der Waals surface area contributed by atoms with Crippen molar-refractivity contribution in [1.29, 1.82) is 0 Å². The van der Waals surface area contributed by atoms with E-state index in [1.54, 1.807) is 13.8 Å². The van der Waals surface area contributed by atoms with Gasteiger partial charge in [0.25, 0.3) is 0 Å². The van der Waals surface area contributed by atoms with E-state index in [4.69, 9.17) is 9.47 Å². The third kappa shape index (κ3) is 6.47. The van der Waals surface area contributed by atoms with Crippen LogP contribution in [0.4, 0.5) is 0 Å². The Morgan fingerprint density at radius 2 is 1.44 bits per heavy atom. The molecule has 1 aromatic heterocycles. The highest BCUT2D eigenvalue weighted by atomic mass is 79.9. The van der Waals surface area contributed by atoms with Crippen molar-refractivity contribution in [3.05, 3.63) is 66.0 Å². The van der Waals surface area contributed by atoms with Gasteiger partial charge in [-0.3, -0.25) is 9.59 Å². The molecule has 6 heteroatoms. The molecule has 0 saturated carbocycles. The van der Waals surface area contributed by atoms with Crippen molar-refractivity contribution in [3.8, 4) is 0 Å². The van der Waals surface area contributed by atoms with Crippen molar-refractivity contribution >= 4 is 11.9 Å². The van der Waals surface area contributed by atoms with Gasteiger partial charge in [0.1, 0.15) is 0 Å². The van der Waals surface area contributed by atoms with E-state index >= 15 is 0 Å². The third-order valence-electron chi connectivity index (χ3n) is 4.17. The highest BCUT2D eigenvalue weighted by molar-refractivity contribution is 5.96. The molecule has 1 atom stereocenters. The standard InChI is InChI=1S/C21H26NO4.BrH/c1-4-25-20(23)19(21(24)26-5-2)18(15-22-13-7-6-8-14-22)17-11-9-16(3)10-12-17;/h6-14,18-19H,4-5,15H2,1-3H3;1H/q+1;/p-1. The predicted molar refractivity (Wildman–Crippen MR) is 97.3 cm³/mol. The Morgan fingerprint density at radius 1 is 0.926 bits per heavy atom. The molecule has 0 aliphatic heterocycles. The van der Waals surface area contributed by atoms with E-state index in [-0.39, 0.29) is 36.1 Å². The molecule has 0 fully saturated rings. The highest BCUT2D eigenvalue weighted by Gasteiger charge is 2.40. The summed E-state index contributed by atoms with van der Waals surface area (Å²) in [5.41, 5.74) is 2.02. The zero-order valence-corrected chi connectivity index (χ0v) is 17.5. The summed E-state index contributed by atoms with van der Waals surface area (Å²) in [6, 6.07) is 13.6. The monoisotopic (exact) mass is 435 g/mol. The van der Waals surface area contributed by atoms with Crippen molar-refractivity contribution in [1.82, 2.24) is 0 Å². The number of aryl methyl sites for hydroxylation is 1. The summed E-state index contributed by atoms with van der Waals surface area (Å²) >= 11 is 0. The molecule has 2 rings (SSSR count). The molecule has 0 amide bonds. The summed E-state index contributed by atoms with van der Waals surface area (Å²) in [4.78, 5) is 25.2. The van der Waals surface area contributed by atoms with Crippen molar-refractivity contribution in [2.45, 2.75) is 33.2 Å². The van der Waals surface area contributed by atoms with E-state index in [9.17, 15) is 9.59 Å². The smallest absolute Gasteiger partial charge is 0.321 e. The number of ether oxygens (including phenoxy) is 2. The Kier molecular flexibility index (Phi) is 9.72. The van der Waals surface area contributed by atoms with Gasteiger partial charge in [0, 0.05) is 12.1 Å². The number of aromatic nitrogens is 1. The van der Waals surface area contributed by atoms with E-state index < -0.39 is 17.9 Å². The fraction of sp³-hybridized carbons (Fsp3) is 0.381. The maximum atomic E-state index is 12.6. The fourth-order valence-corrected chi connectivity index (χ4v) is 2.89. The van der Waals surface area contributed by atoms with Crippen LogP contribution in [0.15, 0.2) is 54.9 Å². The largest absolute Gasteiger partial charge is 1.00 e. The van der Waals surface area contributed by atoms with E-state index in [0.717, 1.165) is 11.1 Å². The van der Waals surface area contributed by atoms with Crippen LogP contribution in [0.5, 0.6) is 0 Å². The summed E-state index contributed by atoms with van der Waals surface area (Å²) < 4.78 is 12.3. The van der Waals surface area contributed by atoms with Crippen molar-refractivity contribution in [2.75, 3.05) is 13.2 Å². The van der Waals surface area contributed by atoms with Gasteiger partial charge in [0.15, 0.2) is 24.9 Å². The van der Waals surface area contributed by atoms with Crippen LogP contribution in [0.3, 0.4) is 0 Å². The first-order valence-electron chi connectivity index (χ1n) is 8.90. The van der Waals surface area contributed by atoms with E-state index in [0.29, 0.717) is 6.54 Å². The van der Waals surface area contributed by atoms with E-state index in [1.807, 2.05) is 66.3 Å². The summed E-state index contributed by atoms with van der Waals surface area (Å²) in [5.74, 6) is -2.49. The number of esters is 2. The molecule has 1 heterocycles. The molecule has 0 radical (unpaired) electrons. The summed E-state index contributed by atoms with van der Waals surface area (Å²) in [6.07, 6.45) is 3.82. The maximum absolute atomic E-state index is 12.6. The lowest BCUT2D eigenvalue weighted by molar-refractivity contribution is -0.700. The quantitative estimate of drug-likeness (QED) is 0.327. The molecule has 146 valence electrons. The van der Waals surface area contributed by atoms with Crippen LogP contribution in [0.25, 0.3) is 0 Å². The second-order valence-corrected chi connectivity index (χ2v) is 6.07. The van der Waals surface area contributed by atoms with E-state index in [2.05, 4.69) is 0 Å². The van der Waals surface area contributed by atoms with Crippen LogP contribution >= 0.6 is 0 Å². The van der Waals surface area contributed by atoms with Crippen LogP contribution in [-0.4, -0.2) is 25.2 Å². The lowest BCUT2D eigenvalue weighted by atomic mass is 9.85. The van der Waals surface area contributed by atoms with Gasteiger partial charge in [0.05, 0.1) is 19.1 Å². The Morgan fingerprint density at radius 3 is 1.93 bits per heavy atom. The average Bonchev–Trinajstić information content (AvgIpc) is 2.63. The molecule has 0 aliphatic rings. The van der Waals surface area contributed by atoms with Gasteiger partial charge in [0.2, 0.25) is 0 Å². The minimum atomic E-state index is -1.01. The van der Waals surface area contributed by atoms with Crippen molar-refractivity contribution in [3.63, 3.8) is 0 Å². The third-order valence-corrected chi connectivity index (χ3v) is 4.17. The predicted octanol–water partition coefficient (Wildman–Crippen LogP) is -0.187. The van der Waals surface area contributed by atoms with Crippen LogP contribution in [-0.2, 0) is 25.6 Å². The molecule has 0 bridgehead atoms. The van der Waals surface area contributed by atoms with Crippen molar-refractivity contribution < 1.29 is 40.6 Å². The van der Waals surface area contributed by atoms with Gasteiger partial charge in [-0.25, -0.2) is 4.57 Å². The number of carbonyl (C=O) groups is 2.